The lowest BCUT2D eigenvalue weighted by Crippen LogP contribution is -2.25. The van der Waals surface area contributed by atoms with Gasteiger partial charge in [-0.2, -0.15) is 0 Å². The Morgan fingerprint density at radius 3 is 2.78 bits per heavy atom. The Morgan fingerprint density at radius 2 is 2.00 bits per heavy atom. The number of aromatic amines is 1. The number of nitrogens with one attached hydrogen (secondary N) is 2. The third kappa shape index (κ3) is 3.57. The molecule has 6 heteroatoms. The first-order chi connectivity index (χ1) is 11.1. The van der Waals surface area contributed by atoms with Crippen LogP contribution in [0, 0.1) is 0 Å². The number of benzene rings is 2. The van der Waals surface area contributed by atoms with E-state index in [4.69, 9.17) is 11.6 Å². The number of carbonyl (C=O) groups is 1. The van der Waals surface area contributed by atoms with Crippen molar-refractivity contribution >= 4 is 34.1 Å². The highest BCUT2D eigenvalue weighted by Crippen LogP contribution is 2.16. The Balaban J connectivity index is 1.74. The molecule has 0 spiro atoms. The molecule has 0 bridgehead atoms. The lowest BCUT2D eigenvalue weighted by atomic mass is 10.1. The summed E-state index contributed by atoms with van der Waals surface area (Å²) in [5, 5.41) is 2.45. The molecule has 1 atom stereocenters. The van der Waals surface area contributed by atoms with E-state index >= 15 is 0 Å². The summed E-state index contributed by atoms with van der Waals surface area (Å²) in [4.78, 5) is 30.5. The molecule has 116 valence electrons. The molecule has 0 aliphatic carbocycles. The number of aromatic nitrogens is 2. The van der Waals surface area contributed by atoms with Crippen LogP contribution in [0.3, 0.4) is 0 Å². The fraction of sp³-hybridized carbons (Fsp3) is 0.118. The van der Waals surface area contributed by atoms with Gasteiger partial charge in [0.15, 0.2) is 0 Å². The highest BCUT2D eigenvalue weighted by molar-refractivity contribution is 6.32. The van der Waals surface area contributed by atoms with E-state index in [9.17, 15) is 9.59 Å². The van der Waals surface area contributed by atoms with Crippen molar-refractivity contribution in [1.82, 2.24) is 9.97 Å². The van der Waals surface area contributed by atoms with Gasteiger partial charge in [-0.05, 0) is 30.2 Å². The number of hydrogen-bond donors (Lipinski definition) is 2. The van der Waals surface area contributed by atoms with Gasteiger partial charge < -0.3 is 10.3 Å². The molecule has 0 fully saturated rings. The molecule has 1 unspecified atom stereocenters. The van der Waals surface area contributed by atoms with E-state index in [1.165, 1.54) is 6.33 Å². The molecule has 23 heavy (non-hydrogen) atoms. The Morgan fingerprint density at radius 1 is 1.22 bits per heavy atom. The quantitative estimate of drug-likeness (QED) is 0.723. The molecular weight excluding hydrogens is 314 g/mol. The topological polar surface area (TPSA) is 74.8 Å². The summed E-state index contributed by atoms with van der Waals surface area (Å²) < 4.78 is 0. The maximum Gasteiger partial charge on any atom is 0.258 e. The van der Waals surface area contributed by atoms with Crippen molar-refractivity contribution in [3.8, 4) is 0 Å². The molecule has 2 aromatic carbocycles. The molecule has 3 rings (SSSR count). The Kier molecular flexibility index (Phi) is 4.39. The predicted molar refractivity (Wildman–Crippen MR) is 90.8 cm³/mol. The number of rotatable bonds is 4. The molecule has 0 aliphatic heterocycles. The smallest absolute Gasteiger partial charge is 0.258 e. The predicted octanol–water partition coefficient (Wildman–Crippen LogP) is 2.71. The first kappa shape index (κ1) is 15.2. The van der Waals surface area contributed by atoms with E-state index in [2.05, 4.69) is 15.3 Å². The van der Waals surface area contributed by atoms with Crippen LogP contribution in [0.15, 0.2) is 59.7 Å². The van der Waals surface area contributed by atoms with Crippen LogP contribution in [0.4, 0.5) is 5.69 Å². The van der Waals surface area contributed by atoms with Crippen LogP contribution in [0.2, 0.25) is 0 Å². The van der Waals surface area contributed by atoms with Crippen molar-refractivity contribution in [2.75, 3.05) is 5.32 Å². The van der Waals surface area contributed by atoms with Gasteiger partial charge in [0.05, 0.1) is 17.2 Å². The van der Waals surface area contributed by atoms with Gasteiger partial charge in [0.25, 0.3) is 5.56 Å². The average molecular weight is 328 g/mol. The first-order valence-corrected chi connectivity index (χ1v) is 7.53. The van der Waals surface area contributed by atoms with Crippen molar-refractivity contribution in [3.05, 3.63) is 70.8 Å². The van der Waals surface area contributed by atoms with Crippen LogP contribution in [0.1, 0.15) is 5.56 Å². The van der Waals surface area contributed by atoms with Crippen LogP contribution in [0.25, 0.3) is 10.9 Å². The van der Waals surface area contributed by atoms with Crippen LogP contribution < -0.4 is 10.9 Å². The summed E-state index contributed by atoms with van der Waals surface area (Å²) in [6, 6.07) is 14.5. The molecule has 1 heterocycles. The number of carbonyl (C=O) groups excluding carboxylic acids is 1. The summed E-state index contributed by atoms with van der Waals surface area (Å²) in [5.74, 6) is -0.310. The van der Waals surface area contributed by atoms with Crippen molar-refractivity contribution in [1.29, 1.82) is 0 Å². The zero-order valence-corrected chi connectivity index (χ0v) is 12.9. The average Bonchev–Trinajstić information content (AvgIpc) is 2.56. The van der Waals surface area contributed by atoms with Crippen molar-refractivity contribution < 1.29 is 4.79 Å². The van der Waals surface area contributed by atoms with E-state index in [0.717, 1.165) is 5.56 Å². The minimum Gasteiger partial charge on any atom is -0.325 e. The number of alkyl halides is 1. The number of fused-ring (bicyclic) bond motifs is 1. The summed E-state index contributed by atoms with van der Waals surface area (Å²) in [7, 11) is 0. The second-order valence-electron chi connectivity index (χ2n) is 5.11. The maximum absolute atomic E-state index is 12.2. The summed E-state index contributed by atoms with van der Waals surface area (Å²) in [6.45, 7) is 0. The Labute approximate surface area is 137 Å². The lowest BCUT2D eigenvalue weighted by Gasteiger charge is -2.11. The van der Waals surface area contributed by atoms with Crippen LogP contribution in [0.5, 0.6) is 0 Å². The zero-order valence-electron chi connectivity index (χ0n) is 12.1. The highest BCUT2D eigenvalue weighted by atomic mass is 35.5. The highest BCUT2D eigenvalue weighted by Gasteiger charge is 2.16. The van der Waals surface area contributed by atoms with E-state index in [-0.39, 0.29) is 11.5 Å². The second kappa shape index (κ2) is 6.62. The second-order valence-corrected chi connectivity index (χ2v) is 5.64. The molecule has 2 N–H and O–H groups in total. The summed E-state index contributed by atoms with van der Waals surface area (Å²) >= 11 is 6.17. The van der Waals surface area contributed by atoms with E-state index in [1.807, 2.05) is 30.3 Å². The Hall–Kier alpha value is -2.66. The van der Waals surface area contributed by atoms with Gasteiger partial charge in [-0.15, -0.1) is 11.6 Å². The molecule has 0 saturated heterocycles. The van der Waals surface area contributed by atoms with Gasteiger partial charge in [-0.1, -0.05) is 30.3 Å². The monoisotopic (exact) mass is 327 g/mol. The molecule has 1 aromatic heterocycles. The molecule has 0 aliphatic rings. The molecular formula is C17H14ClN3O2. The first-order valence-electron chi connectivity index (χ1n) is 7.10. The van der Waals surface area contributed by atoms with Gasteiger partial charge in [-0.3, -0.25) is 9.59 Å². The van der Waals surface area contributed by atoms with Crippen LogP contribution >= 0.6 is 11.6 Å². The van der Waals surface area contributed by atoms with Gasteiger partial charge >= 0.3 is 0 Å². The summed E-state index contributed by atoms with van der Waals surface area (Å²) in [5.41, 5.74) is 1.82. The van der Waals surface area contributed by atoms with E-state index in [0.29, 0.717) is 23.0 Å². The minimum absolute atomic E-state index is 0.252. The SMILES string of the molecule is O=C(Nc1ccc2nc[nH]c(=O)c2c1)C(Cl)Cc1ccccc1. The molecule has 3 aromatic rings. The van der Waals surface area contributed by atoms with Gasteiger partial charge in [0.2, 0.25) is 5.91 Å². The largest absolute Gasteiger partial charge is 0.325 e. The number of nitrogens with zero attached hydrogens (tertiary/aromatic N) is 1. The van der Waals surface area contributed by atoms with Crippen molar-refractivity contribution in [3.63, 3.8) is 0 Å². The fourth-order valence-electron chi connectivity index (χ4n) is 2.28. The maximum atomic E-state index is 12.2. The standard InChI is InChI=1S/C17H14ClN3O2/c18-14(8-11-4-2-1-3-5-11)17(23)21-12-6-7-15-13(9-12)16(22)20-10-19-15/h1-7,9-10,14H,8H2,(H,21,23)(H,19,20,22). The number of anilines is 1. The number of hydrogen-bond acceptors (Lipinski definition) is 3. The van der Waals surface area contributed by atoms with Crippen LogP contribution in [-0.4, -0.2) is 21.3 Å². The number of halogens is 1. The lowest BCUT2D eigenvalue weighted by molar-refractivity contribution is -0.115. The molecule has 0 radical (unpaired) electrons. The normalized spacial score (nSPS) is 12.0. The number of H-pyrrole nitrogens is 1. The minimum atomic E-state index is -0.694. The number of amides is 1. The fourth-order valence-corrected chi connectivity index (χ4v) is 2.51. The van der Waals surface area contributed by atoms with Gasteiger partial charge in [-0.25, -0.2) is 4.98 Å². The molecule has 5 nitrogen and oxygen atoms in total. The molecule has 0 saturated carbocycles. The van der Waals surface area contributed by atoms with Crippen molar-refractivity contribution in [2.24, 2.45) is 0 Å². The molecule has 1 amide bonds. The Bertz CT molecular complexity index is 893. The third-order valence-electron chi connectivity index (χ3n) is 3.45. The van der Waals surface area contributed by atoms with Gasteiger partial charge in [0, 0.05) is 5.69 Å². The van der Waals surface area contributed by atoms with E-state index in [1.54, 1.807) is 18.2 Å². The van der Waals surface area contributed by atoms with E-state index < -0.39 is 5.38 Å². The third-order valence-corrected chi connectivity index (χ3v) is 3.80. The van der Waals surface area contributed by atoms with Crippen molar-refractivity contribution in [2.45, 2.75) is 11.8 Å². The van der Waals surface area contributed by atoms with Crippen LogP contribution in [-0.2, 0) is 11.2 Å². The van der Waals surface area contributed by atoms with Gasteiger partial charge in [0.1, 0.15) is 5.38 Å². The summed E-state index contributed by atoms with van der Waals surface area (Å²) in [6.07, 6.45) is 1.78. The zero-order chi connectivity index (χ0) is 16.2.